The molecule has 0 bridgehead atoms. The molecule has 0 atom stereocenters. The van der Waals surface area contributed by atoms with E-state index < -0.39 is 0 Å². The lowest BCUT2D eigenvalue weighted by atomic mass is 10.1. The predicted molar refractivity (Wildman–Crippen MR) is 66.0 cm³/mol. The van der Waals surface area contributed by atoms with E-state index in [1.165, 1.54) is 22.9 Å². The van der Waals surface area contributed by atoms with E-state index in [4.69, 9.17) is 0 Å². The molecule has 0 saturated heterocycles. The van der Waals surface area contributed by atoms with Crippen molar-refractivity contribution in [3.63, 3.8) is 0 Å². The predicted octanol–water partition coefficient (Wildman–Crippen LogP) is 4.05. The van der Waals surface area contributed by atoms with Crippen molar-refractivity contribution >= 4 is 16.9 Å². The number of allylic oxidation sites excluding steroid dienone is 2. The van der Waals surface area contributed by atoms with E-state index in [1.54, 1.807) is 0 Å². The number of rotatable bonds is 3. The van der Waals surface area contributed by atoms with E-state index in [2.05, 4.69) is 0 Å². The van der Waals surface area contributed by atoms with Crippen molar-refractivity contribution < 1.29 is 4.79 Å². The molecule has 0 N–H and O–H groups in total. The number of carbonyl (C=O) groups is 1. The zero-order valence-corrected chi connectivity index (χ0v) is 10.2. The first-order valence-electron chi connectivity index (χ1n) is 4.98. The Morgan fingerprint density at radius 1 is 1.13 bits per heavy atom. The quantitative estimate of drug-likeness (QED) is 0.564. The monoisotopic (exact) mass is 220 g/mol. The Bertz CT molecular complexity index is 361. The average molecular weight is 220 g/mol. The van der Waals surface area contributed by atoms with Gasteiger partial charge in [0.05, 0.1) is 0 Å². The van der Waals surface area contributed by atoms with Crippen LogP contribution >= 0.6 is 11.8 Å². The van der Waals surface area contributed by atoms with Crippen LogP contribution in [0.4, 0.5) is 0 Å². The van der Waals surface area contributed by atoms with Crippen LogP contribution in [0.25, 0.3) is 0 Å². The Morgan fingerprint density at radius 3 is 2.27 bits per heavy atom. The van der Waals surface area contributed by atoms with Crippen molar-refractivity contribution in [3.05, 3.63) is 41.5 Å². The average Bonchev–Trinajstić information content (AvgIpc) is 2.18. The van der Waals surface area contributed by atoms with Gasteiger partial charge in [0.15, 0.2) is 5.12 Å². The number of hydrogen-bond acceptors (Lipinski definition) is 2. The van der Waals surface area contributed by atoms with Gasteiger partial charge in [0.25, 0.3) is 0 Å². The zero-order valence-electron chi connectivity index (χ0n) is 9.41. The van der Waals surface area contributed by atoms with Gasteiger partial charge in [-0.15, -0.1) is 0 Å². The van der Waals surface area contributed by atoms with Gasteiger partial charge in [0, 0.05) is 11.3 Å². The molecule has 0 aliphatic carbocycles. The molecule has 15 heavy (non-hydrogen) atoms. The second-order valence-corrected chi connectivity index (χ2v) is 4.88. The number of benzene rings is 1. The summed E-state index contributed by atoms with van der Waals surface area (Å²) in [6, 6.07) is 9.77. The third-order valence-electron chi connectivity index (χ3n) is 2.24. The van der Waals surface area contributed by atoms with Gasteiger partial charge in [-0.1, -0.05) is 41.1 Å². The summed E-state index contributed by atoms with van der Waals surface area (Å²) in [6.45, 7) is 6.09. The lowest BCUT2D eigenvalue weighted by Gasteiger charge is -2.03. The van der Waals surface area contributed by atoms with Crippen LogP contribution in [0.5, 0.6) is 0 Å². The molecule has 1 aromatic carbocycles. The number of hydrogen-bond donors (Lipinski definition) is 0. The van der Waals surface area contributed by atoms with Crippen molar-refractivity contribution in [2.75, 3.05) is 0 Å². The third-order valence-corrected chi connectivity index (χ3v) is 3.12. The lowest BCUT2D eigenvalue weighted by molar-refractivity contribution is -0.110. The Balaban J connectivity index is 2.55. The maximum Gasteiger partial charge on any atom is 0.197 e. The Labute approximate surface area is 95.6 Å². The topological polar surface area (TPSA) is 17.1 Å². The van der Waals surface area contributed by atoms with Crippen LogP contribution in [0.3, 0.4) is 0 Å². The molecular formula is C13H16OS. The van der Waals surface area contributed by atoms with Crippen LogP contribution < -0.4 is 0 Å². The van der Waals surface area contributed by atoms with Gasteiger partial charge in [0.1, 0.15) is 0 Å². The fraction of sp³-hybridized carbons (Fsp3) is 0.308. The van der Waals surface area contributed by atoms with Crippen molar-refractivity contribution in [1.82, 2.24) is 0 Å². The van der Waals surface area contributed by atoms with E-state index in [9.17, 15) is 4.79 Å². The van der Waals surface area contributed by atoms with Crippen LogP contribution in [-0.4, -0.2) is 5.12 Å². The summed E-state index contributed by atoms with van der Waals surface area (Å²) in [5, 5.41) is 0.208. The lowest BCUT2D eigenvalue weighted by Crippen LogP contribution is -1.93. The molecule has 0 heterocycles. The molecule has 0 aromatic heterocycles. The number of carbonyl (C=O) groups excluding carboxylic acids is 1. The standard InChI is InChI=1S/C13H16OS/c1-10(2)11(3)9-13(14)15-12-7-5-4-6-8-12/h4-8H,9H2,1-3H3. The van der Waals surface area contributed by atoms with Gasteiger partial charge in [0.2, 0.25) is 0 Å². The fourth-order valence-electron chi connectivity index (χ4n) is 1.05. The van der Waals surface area contributed by atoms with E-state index >= 15 is 0 Å². The van der Waals surface area contributed by atoms with Gasteiger partial charge in [-0.05, 0) is 32.9 Å². The molecule has 0 fully saturated rings. The highest BCUT2D eigenvalue weighted by Crippen LogP contribution is 2.22. The highest BCUT2D eigenvalue weighted by molar-refractivity contribution is 8.13. The molecule has 0 aliphatic heterocycles. The highest BCUT2D eigenvalue weighted by Gasteiger charge is 2.05. The van der Waals surface area contributed by atoms with Crippen LogP contribution in [-0.2, 0) is 4.79 Å². The second kappa shape index (κ2) is 5.76. The molecule has 0 spiro atoms. The highest BCUT2D eigenvalue weighted by atomic mass is 32.2. The summed E-state index contributed by atoms with van der Waals surface area (Å²) in [7, 11) is 0. The first kappa shape index (κ1) is 12.1. The van der Waals surface area contributed by atoms with Crippen molar-refractivity contribution in [3.8, 4) is 0 Å². The van der Waals surface area contributed by atoms with Gasteiger partial charge >= 0.3 is 0 Å². The second-order valence-electron chi connectivity index (χ2n) is 3.74. The first-order chi connectivity index (χ1) is 7.09. The largest absolute Gasteiger partial charge is 0.286 e. The van der Waals surface area contributed by atoms with Crippen LogP contribution in [0.15, 0.2) is 46.4 Å². The smallest absolute Gasteiger partial charge is 0.197 e. The Morgan fingerprint density at radius 2 is 1.73 bits per heavy atom. The van der Waals surface area contributed by atoms with Gasteiger partial charge < -0.3 is 0 Å². The minimum Gasteiger partial charge on any atom is -0.286 e. The van der Waals surface area contributed by atoms with Crippen LogP contribution in [0, 0.1) is 0 Å². The van der Waals surface area contributed by atoms with Gasteiger partial charge in [-0.2, -0.15) is 0 Å². The van der Waals surface area contributed by atoms with Crippen LogP contribution in [0.2, 0.25) is 0 Å². The summed E-state index contributed by atoms with van der Waals surface area (Å²) in [4.78, 5) is 12.7. The maximum absolute atomic E-state index is 11.7. The minimum absolute atomic E-state index is 0.208. The SMILES string of the molecule is CC(C)=C(C)CC(=O)Sc1ccccc1. The summed E-state index contributed by atoms with van der Waals surface area (Å²) in [5.41, 5.74) is 2.40. The zero-order chi connectivity index (χ0) is 11.3. The summed E-state index contributed by atoms with van der Waals surface area (Å²) in [5.74, 6) is 0. The van der Waals surface area contributed by atoms with Crippen molar-refractivity contribution in [1.29, 1.82) is 0 Å². The van der Waals surface area contributed by atoms with Gasteiger partial charge in [-0.3, -0.25) is 4.79 Å². The van der Waals surface area contributed by atoms with E-state index in [0.717, 1.165) is 4.90 Å². The van der Waals surface area contributed by atoms with Gasteiger partial charge in [-0.25, -0.2) is 0 Å². The summed E-state index contributed by atoms with van der Waals surface area (Å²) < 4.78 is 0. The minimum atomic E-state index is 0.208. The molecule has 1 aromatic rings. The molecule has 0 radical (unpaired) electrons. The molecule has 0 aliphatic rings. The first-order valence-corrected chi connectivity index (χ1v) is 5.80. The molecule has 0 unspecified atom stereocenters. The van der Waals surface area contributed by atoms with E-state index in [0.29, 0.717) is 6.42 Å². The maximum atomic E-state index is 11.7. The normalized spacial score (nSPS) is 9.80. The number of thioether (sulfide) groups is 1. The molecule has 1 nitrogen and oxygen atoms in total. The van der Waals surface area contributed by atoms with Crippen LogP contribution in [0.1, 0.15) is 27.2 Å². The summed E-state index contributed by atoms with van der Waals surface area (Å²) >= 11 is 1.32. The van der Waals surface area contributed by atoms with E-state index in [1.807, 2.05) is 51.1 Å². The molecule has 80 valence electrons. The fourth-order valence-corrected chi connectivity index (χ4v) is 1.89. The van der Waals surface area contributed by atoms with E-state index in [-0.39, 0.29) is 5.12 Å². The molecular weight excluding hydrogens is 204 g/mol. The molecule has 0 amide bonds. The molecule has 0 saturated carbocycles. The molecule has 2 heteroatoms. The molecule has 1 rings (SSSR count). The summed E-state index contributed by atoms with van der Waals surface area (Å²) in [6.07, 6.45) is 0.544. The Kier molecular flexibility index (Phi) is 4.63. The third kappa shape index (κ3) is 4.34. The van der Waals surface area contributed by atoms with Crippen molar-refractivity contribution in [2.45, 2.75) is 32.1 Å². The van der Waals surface area contributed by atoms with Crippen molar-refractivity contribution in [2.24, 2.45) is 0 Å². The Hall–Kier alpha value is -1.02.